The van der Waals surface area contributed by atoms with Crippen molar-refractivity contribution in [3.63, 3.8) is 0 Å². The molecule has 0 amide bonds. The van der Waals surface area contributed by atoms with Crippen LogP contribution in [0, 0.1) is 17.8 Å². The molecule has 50 valence electrons. The summed E-state index contributed by atoms with van der Waals surface area (Å²) in [5.41, 5.74) is 0. The third-order valence-electron chi connectivity index (χ3n) is 3.07. The van der Waals surface area contributed by atoms with Crippen molar-refractivity contribution < 1.29 is 4.79 Å². The summed E-state index contributed by atoms with van der Waals surface area (Å²) in [6, 6.07) is 0. The Morgan fingerprint density at radius 2 is 1.89 bits per heavy atom. The molecule has 0 bridgehead atoms. The number of rotatable bonds is 1. The van der Waals surface area contributed by atoms with Gasteiger partial charge in [-0.15, -0.1) is 0 Å². The van der Waals surface area contributed by atoms with Gasteiger partial charge in [-0.25, -0.2) is 0 Å². The van der Waals surface area contributed by atoms with Crippen molar-refractivity contribution in [2.24, 2.45) is 17.8 Å². The van der Waals surface area contributed by atoms with E-state index in [1.165, 1.54) is 32.0 Å². The molecule has 0 N–H and O–H groups in total. The first-order valence-corrected chi connectivity index (χ1v) is 3.87. The minimum Gasteiger partial charge on any atom is -0.303 e. The van der Waals surface area contributed by atoms with Crippen molar-refractivity contribution in [3.05, 3.63) is 0 Å². The van der Waals surface area contributed by atoms with E-state index in [2.05, 4.69) is 0 Å². The highest BCUT2D eigenvalue weighted by Gasteiger charge is 2.41. The zero-order valence-electron chi connectivity index (χ0n) is 5.55. The second-order valence-corrected chi connectivity index (χ2v) is 3.38. The van der Waals surface area contributed by atoms with Gasteiger partial charge in [0.15, 0.2) is 0 Å². The summed E-state index contributed by atoms with van der Waals surface area (Å²) >= 11 is 0. The molecule has 1 nitrogen and oxygen atoms in total. The molecular weight excluding hydrogens is 112 g/mol. The third kappa shape index (κ3) is 0.637. The van der Waals surface area contributed by atoms with E-state index in [1.807, 2.05) is 0 Å². The van der Waals surface area contributed by atoms with Crippen molar-refractivity contribution in [1.82, 2.24) is 0 Å². The molecule has 2 rings (SSSR count). The fourth-order valence-corrected chi connectivity index (χ4v) is 2.31. The Balaban J connectivity index is 2.04. The normalized spacial score (nSPS) is 47.8. The van der Waals surface area contributed by atoms with Gasteiger partial charge in [-0.2, -0.15) is 0 Å². The molecule has 0 aromatic rings. The van der Waals surface area contributed by atoms with E-state index in [0.29, 0.717) is 5.92 Å². The summed E-state index contributed by atoms with van der Waals surface area (Å²) in [5.74, 6) is 2.20. The summed E-state index contributed by atoms with van der Waals surface area (Å²) in [7, 11) is 0. The van der Waals surface area contributed by atoms with Crippen LogP contribution in [0.2, 0.25) is 0 Å². The topological polar surface area (TPSA) is 17.1 Å². The number of hydrogen-bond donors (Lipinski definition) is 0. The van der Waals surface area contributed by atoms with Crippen molar-refractivity contribution in [2.45, 2.75) is 25.7 Å². The fraction of sp³-hybridized carbons (Fsp3) is 0.875. The molecule has 0 aliphatic heterocycles. The molecule has 0 spiro atoms. The number of fused-ring (bicyclic) bond motifs is 1. The molecule has 3 atom stereocenters. The predicted molar refractivity (Wildman–Crippen MR) is 35.0 cm³/mol. The molecular formula is C8H12O. The smallest absolute Gasteiger partial charge is 0.123 e. The van der Waals surface area contributed by atoms with E-state index in [0.717, 1.165) is 11.8 Å². The average molecular weight is 124 g/mol. The lowest BCUT2D eigenvalue weighted by Gasteiger charge is -2.31. The van der Waals surface area contributed by atoms with Gasteiger partial charge < -0.3 is 4.79 Å². The van der Waals surface area contributed by atoms with Crippen LogP contribution in [0.4, 0.5) is 0 Å². The highest BCUT2D eigenvalue weighted by Crippen LogP contribution is 2.49. The molecule has 1 heteroatoms. The maximum Gasteiger partial charge on any atom is 0.123 e. The van der Waals surface area contributed by atoms with Crippen LogP contribution in [0.25, 0.3) is 0 Å². The summed E-state index contributed by atoms with van der Waals surface area (Å²) in [4.78, 5) is 10.4. The van der Waals surface area contributed by atoms with Gasteiger partial charge in [-0.1, -0.05) is 0 Å². The van der Waals surface area contributed by atoms with E-state index in [4.69, 9.17) is 0 Å². The zero-order valence-corrected chi connectivity index (χ0v) is 5.55. The summed E-state index contributed by atoms with van der Waals surface area (Å²) in [5, 5.41) is 0. The molecule has 9 heavy (non-hydrogen) atoms. The maximum absolute atomic E-state index is 10.4. The van der Waals surface area contributed by atoms with Crippen molar-refractivity contribution in [2.75, 3.05) is 0 Å². The van der Waals surface area contributed by atoms with Gasteiger partial charge in [0, 0.05) is 5.92 Å². The summed E-state index contributed by atoms with van der Waals surface area (Å²) < 4.78 is 0. The van der Waals surface area contributed by atoms with Crippen LogP contribution in [-0.4, -0.2) is 6.29 Å². The van der Waals surface area contributed by atoms with E-state index in [-0.39, 0.29) is 0 Å². The van der Waals surface area contributed by atoms with Crippen molar-refractivity contribution >= 4 is 6.29 Å². The number of carbonyl (C=O) groups is 1. The highest BCUT2D eigenvalue weighted by atomic mass is 16.1. The van der Waals surface area contributed by atoms with E-state index >= 15 is 0 Å². The first-order chi connectivity index (χ1) is 4.42. The Labute approximate surface area is 55.4 Å². The molecule has 0 aromatic carbocycles. The Hall–Kier alpha value is -0.330. The molecule has 2 fully saturated rings. The minimum atomic E-state index is 0.448. The summed E-state index contributed by atoms with van der Waals surface area (Å²) in [6.45, 7) is 0. The van der Waals surface area contributed by atoms with Gasteiger partial charge in [-0.3, -0.25) is 0 Å². The van der Waals surface area contributed by atoms with Crippen LogP contribution >= 0.6 is 0 Å². The third-order valence-corrected chi connectivity index (χ3v) is 3.07. The molecule has 2 aliphatic carbocycles. The molecule has 0 heterocycles. The van der Waals surface area contributed by atoms with Crippen LogP contribution in [0.5, 0.6) is 0 Å². The van der Waals surface area contributed by atoms with Crippen LogP contribution in [0.3, 0.4) is 0 Å². The van der Waals surface area contributed by atoms with Gasteiger partial charge in [0.05, 0.1) is 0 Å². The van der Waals surface area contributed by atoms with Gasteiger partial charge in [-0.05, 0) is 37.5 Å². The fourth-order valence-electron chi connectivity index (χ4n) is 2.31. The summed E-state index contributed by atoms with van der Waals surface area (Å²) in [6.07, 6.45) is 6.40. The van der Waals surface area contributed by atoms with E-state index < -0.39 is 0 Å². The minimum absolute atomic E-state index is 0.448. The zero-order chi connectivity index (χ0) is 6.27. The molecule has 3 unspecified atom stereocenters. The van der Waals surface area contributed by atoms with Crippen LogP contribution in [-0.2, 0) is 4.79 Å². The quantitative estimate of drug-likeness (QED) is 0.485. The molecule has 0 aromatic heterocycles. The Kier molecular flexibility index (Phi) is 1.11. The van der Waals surface area contributed by atoms with E-state index in [1.54, 1.807) is 0 Å². The van der Waals surface area contributed by atoms with Gasteiger partial charge in [0.25, 0.3) is 0 Å². The maximum atomic E-state index is 10.4. The second-order valence-electron chi connectivity index (χ2n) is 3.38. The lowest BCUT2D eigenvalue weighted by molar-refractivity contribution is -0.112. The number of hydrogen-bond acceptors (Lipinski definition) is 1. The Morgan fingerprint density at radius 1 is 1.11 bits per heavy atom. The Morgan fingerprint density at radius 3 is 2.22 bits per heavy atom. The lowest BCUT2D eigenvalue weighted by Crippen LogP contribution is -2.25. The molecule has 0 saturated heterocycles. The van der Waals surface area contributed by atoms with Crippen LogP contribution in [0.15, 0.2) is 0 Å². The molecule has 0 radical (unpaired) electrons. The van der Waals surface area contributed by atoms with Gasteiger partial charge in [0.2, 0.25) is 0 Å². The van der Waals surface area contributed by atoms with Crippen LogP contribution in [0.1, 0.15) is 25.7 Å². The first kappa shape index (κ1) is 5.45. The molecule has 2 aliphatic rings. The SMILES string of the molecule is O=CC1CCC2CCC12. The second kappa shape index (κ2) is 1.83. The number of aldehydes is 1. The Bertz CT molecular complexity index is 131. The monoisotopic (exact) mass is 124 g/mol. The highest BCUT2D eigenvalue weighted by molar-refractivity contribution is 5.55. The first-order valence-electron chi connectivity index (χ1n) is 3.87. The standard InChI is InChI=1S/C8H12O/c9-5-7-2-1-6-3-4-8(6)7/h5-8H,1-4H2. The van der Waals surface area contributed by atoms with Crippen molar-refractivity contribution in [1.29, 1.82) is 0 Å². The largest absolute Gasteiger partial charge is 0.303 e. The number of carbonyl (C=O) groups excluding carboxylic acids is 1. The van der Waals surface area contributed by atoms with Crippen LogP contribution < -0.4 is 0 Å². The van der Waals surface area contributed by atoms with E-state index in [9.17, 15) is 4.79 Å². The van der Waals surface area contributed by atoms with Gasteiger partial charge in [0.1, 0.15) is 6.29 Å². The lowest BCUT2D eigenvalue weighted by atomic mass is 9.73. The predicted octanol–water partition coefficient (Wildman–Crippen LogP) is 1.62. The van der Waals surface area contributed by atoms with Gasteiger partial charge >= 0.3 is 0 Å². The average Bonchev–Trinajstić information content (AvgIpc) is 2.07. The molecule has 2 saturated carbocycles. The van der Waals surface area contributed by atoms with Crippen molar-refractivity contribution in [3.8, 4) is 0 Å².